The molecule has 6 rings (SSSR count). The summed E-state index contributed by atoms with van der Waals surface area (Å²) >= 11 is 1.86. The zero-order valence-electron chi connectivity index (χ0n) is 29.6. The van der Waals surface area contributed by atoms with Gasteiger partial charge in [-0.3, -0.25) is 0 Å². The number of carboxylic acid groups (broad SMARTS) is 1. The first-order valence-electron chi connectivity index (χ1n) is 17.6. The molecule has 8 heteroatoms. The first-order valence-corrected chi connectivity index (χ1v) is 18.5. The molecule has 1 aliphatic heterocycles. The molecule has 1 saturated heterocycles. The number of benzene rings is 5. The number of hydrogen-bond acceptors (Lipinski definition) is 6. The summed E-state index contributed by atoms with van der Waals surface area (Å²) in [5, 5.41) is 13.8. The highest BCUT2D eigenvalue weighted by atomic mass is 32.2. The molecule has 268 valence electrons. The molecule has 2 N–H and O–H groups in total. The van der Waals surface area contributed by atoms with Crippen LogP contribution >= 0.6 is 11.8 Å². The van der Waals surface area contributed by atoms with Gasteiger partial charge in [0.2, 0.25) is 6.10 Å². The second-order valence-electron chi connectivity index (χ2n) is 14.1. The van der Waals surface area contributed by atoms with Gasteiger partial charge >= 0.3 is 11.9 Å². The molecule has 5 aromatic carbocycles. The maximum absolute atomic E-state index is 13.8. The van der Waals surface area contributed by atoms with Crippen LogP contribution in [-0.2, 0) is 27.1 Å². The normalized spacial score (nSPS) is 16.6. The number of nitrogens with one attached hydrogen (secondary N) is 1. The van der Waals surface area contributed by atoms with Crippen LogP contribution in [0.3, 0.4) is 0 Å². The van der Waals surface area contributed by atoms with Crippen LogP contribution in [0, 0.1) is 5.82 Å². The van der Waals surface area contributed by atoms with E-state index in [4.69, 9.17) is 9.47 Å². The van der Waals surface area contributed by atoms with E-state index < -0.39 is 34.4 Å². The zero-order chi connectivity index (χ0) is 36.7. The minimum Gasteiger partial charge on any atom is -0.478 e. The Morgan fingerprint density at radius 3 is 1.88 bits per heavy atom. The summed E-state index contributed by atoms with van der Waals surface area (Å²) in [7, 11) is 0. The van der Waals surface area contributed by atoms with Crippen molar-refractivity contribution in [2.24, 2.45) is 0 Å². The summed E-state index contributed by atoms with van der Waals surface area (Å²) in [6, 6.07) is 42.2. The van der Waals surface area contributed by atoms with Gasteiger partial charge < -0.3 is 19.9 Å². The van der Waals surface area contributed by atoms with Crippen LogP contribution in [0.5, 0.6) is 5.75 Å². The number of hydrogen-bond donors (Lipinski definition) is 2. The Kier molecular flexibility index (Phi) is 11.5. The molecule has 0 amide bonds. The smallest absolute Gasteiger partial charge is 0.349 e. The van der Waals surface area contributed by atoms with Gasteiger partial charge in [-0.05, 0) is 92.1 Å². The van der Waals surface area contributed by atoms with E-state index in [1.807, 2.05) is 50.7 Å². The van der Waals surface area contributed by atoms with Crippen LogP contribution in [0.25, 0.3) is 0 Å². The Balaban J connectivity index is 1.28. The highest BCUT2D eigenvalue weighted by molar-refractivity contribution is 8.01. The van der Waals surface area contributed by atoms with E-state index in [1.54, 1.807) is 24.3 Å². The summed E-state index contributed by atoms with van der Waals surface area (Å²) in [5.41, 5.74) is 4.31. The predicted octanol–water partition coefficient (Wildman–Crippen LogP) is 8.85. The van der Waals surface area contributed by atoms with Gasteiger partial charge in [0.05, 0.1) is 16.4 Å². The number of carbonyl (C=O) groups is 2. The monoisotopic (exact) mass is 717 g/mol. The molecule has 6 nitrogen and oxygen atoms in total. The fourth-order valence-electron chi connectivity index (χ4n) is 6.80. The Morgan fingerprint density at radius 2 is 1.37 bits per heavy atom. The Hall–Kier alpha value is -4.92. The van der Waals surface area contributed by atoms with Crippen LogP contribution in [0.1, 0.15) is 65.4 Å². The van der Waals surface area contributed by atoms with E-state index in [0.29, 0.717) is 31.4 Å². The summed E-state index contributed by atoms with van der Waals surface area (Å²) in [6.45, 7) is 6.06. The molecule has 1 fully saturated rings. The quantitative estimate of drug-likeness (QED) is 0.0930. The molecule has 1 heterocycles. The lowest BCUT2D eigenvalue weighted by atomic mass is 9.84. The molecular formula is C44H44FNO5S. The van der Waals surface area contributed by atoms with E-state index in [2.05, 4.69) is 78.1 Å². The van der Waals surface area contributed by atoms with Gasteiger partial charge in [-0.15, -0.1) is 11.8 Å². The van der Waals surface area contributed by atoms with Crippen molar-refractivity contribution < 1.29 is 28.6 Å². The summed E-state index contributed by atoms with van der Waals surface area (Å²) in [5.74, 6) is -1.67. The largest absolute Gasteiger partial charge is 0.478 e. The van der Waals surface area contributed by atoms with Gasteiger partial charge in [0.15, 0.2) is 0 Å². The summed E-state index contributed by atoms with van der Waals surface area (Å²) < 4.78 is 25.2. The van der Waals surface area contributed by atoms with Crippen molar-refractivity contribution in [1.82, 2.24) is 5.32 Å². The van der Waals surface area contributed by atoms with E-state index >= 15 is 0 Å². The van der Waals surface area contributed by atoms with E-state index in [0.717, 1.165) is 22.3 Å². The number of rotatable bonds is 13. The topological polar surface area (TPSA) is 84.9 Å². The second-order valence-corrected chi connectivity index (χ2v) is 15.6. The lowest BCUT2D eigenvalue weighted by molar-refractivity contribution is -0.164. The standard InChI is InChI=1S/C44H44FNO5S/c1-43(2,3)51-42(49)40(50-36-26-23-31(38(27-36)41(47)48)22-19-30-20-24-35(45)25-21-30)39-28-37(29-46-39)52-44(32-13-7-4-8-14-32,33-15-9-5-10-16-33)34-17-11-6-12-18-34/h4-18,20-21,23-27,37,39-40,46H,19,22,28-29H2,1-3H3,(H,47,48). The minimum atomic E-state index is -1.09. The number of esters is 1. The highest BCUT2D eigenvalue weighted by Gasteiger charge is 2.44. The van der Waals surface area contributed by atoms with E-state index in [-0.39, 0.29) is 22.4 Å². The van der Waals surface area contributed by atoms with Crippen molar-refractivity contribution in [2.75, 3.05) is 6.54 Å². The number of ether oxygens (including phenoxy) is 2. The molecule has 1 aliphatic rings. The van der Waals surface area contributed by atoms with Crippen molar-refractivity contribution in [2.45, 2.75) is 67.8 Å². The Bertz CT molecular complexity index is 1850. The molecule has 52 heavy (non-hydrogen) atoms. The first kappa shape index (κ1) is 36.9. The average molecular weight is 718 g/mol. The fraction of sp³-hybridized carbons (Fsp3) is 0.273. The third-order valence-corrected chi connectivity index (χ3v) is 10.9. The lowest BCUT2D eigenvalue weighted by Gasteiger charge is -2.37. The van der Waals surface area contributed by atoms with Gasteiger partial charge in [-0.25, -0.2) is 14.0 Å². The molecule has 0 radical (unpaired) electrons. The third kappa shape index (κ3) is 8.75. The number of carbonyl (C=O) groups excluding carboxylic acids is 1. The van der Waals surface area contributed by atoms with Crippen molar-refractivity contribution in [3.63, 3.8) is 0 Å². The van der Waals surface area contributed by atoms with Gasteiger partial charge in [0, 0.05) is 11.8 Å². The predicted molar refractivity (Wildman–Crippen MR) is 204 cm³/mol. The van der Waals surface area contributed by atoms with Crippen LogP contribution in [0.2, 0.25) is 0 Å². The number of carboxylic acids is 1. The summed E-state index contributed by atoms with van der Waals surface area (Å²) in [6.07, 6.45) is 0.557. The number of aromatic carboxylic acids is 1. The minimum absolute atomic E-state index is 0.0718. The zero-order valence-corrected chi connectivity index (χ0v) is 30.4. The highest BCUT2D eigenvalue weighted by Crippen LogP contribution is 2.51. The maximum atomic E-state index is 13.8. The Morgan fingerprint density at radius 1 is 0.808 bits per heavy atom. The van der Waals surface area contributed by atoms with Crippen LogP contribution < -0.4 is 10.1 Å². The Labute approximate surface area is 309 Å². The molecule has 3 unspecified atom stereocenters. The van der Waals surface area contributed by atoms with Crippen molar-refractivity contribution in [3.05, 3.63) is 173 Å². The van der Waals surface area contributed by atoms with Gasteiger partial charge in [0.25, 0.3) is 0 Å². The maximum Gasteiger partial charge on any atom is 0.349 e. The van der Waals surface area contributed by atoms with Gasteiger partial charge in [-0.1, -0.05) is 109 Å². The van der Waals surface area contributed by atoms with Gasteiger partial charge in [0.1, 0.15) is 17.2 Å². The number of thioether (sulfide) groups is 1. The van der Waals surface area contributed by atoms with E-state index in [9.17, 15) is 19.1 Å². The first-order chi connectivity index (χ1) is 25.0. The van der Waals surface area contributed by atoms with Crippen LogP contribution in [0.4, 0.5) is 4.39 Å². The van der Waals surface area contributed by atoms with Crippen LogP contribution in [0.15, 0.2) is 133 Å². The SMILES string of the molecule is CC(C)(C)OC(=O)C(Oc1ccc(CCc2ccc(F)cc2)c(C(=O)O)c1)C1CC(SC(c2ccccc2)(c2ccccc2)c2ccccc2)CN1. The van der Waals surface area contributed by atoms with E-state index in [1.165, 1.54) is 18.2 Å². The molecule has 0 saturated carbocycles. The molecule has 0 bridgehead atoms. The molecule has 0 spiro atoms. The average Bonchev–Trinajstić information content (AvgIpc) is 3.61. The number of aryl methyl sites for hydroxylation is 2. The molecular weight excluding hydrogens is 674 g/mol. The summed E-state index contributed by atoms with van der Waals surface area (Å²) in [4.78, 5) is 26.2. The second kappa shape index (κ2) is 16.2. The van der Waals surface area contributed by atoms with Crippen molar-refractivity contribution >= 4 is 23.7 Å². The third-order valence-electron chi connectivity index (χ3n) is 9.18. The molecule has 3 atom stereocenters. The molecule has 0 aromatic heterocycles. The fourth-order valence-corrected chi connectivity index (χ4v) is 8.60. The van der Waals surface area contributed by atoms with Gasteiger partial charge in [-0.2, -0.15) is 0 Å². The lowest BCUT2D eigenvalue weighted by Crippen LogP contribution is -2.47. The molecule has 5 aromatic rings. The van der Waals surface area contributed by atoms with Crippen molar-refractivity contribution in [3.8, 4) is 5.75 Å². The van der Waals surface area contributed by atoms with Crippen molar-refractivity contribution in [1.29, 1.82) is 0 Å². The molecule has 0 aliphatic carbocycles. The van der Waals surface area contributed by atoms with Crippen LogP contribution in [-0.4, -0.2) is 46.6 Å². The number of halogens is 1.